The third-order valence-electron chi connectivity index (χ3n) is 4.51. The molecule has 1 aliphatic rings. The third kappa shape index (κ3) is 6.46. The Morgan fingerprint density at radius 3 is 2.52 bits per heavy atom. The summed E-state index contributed by atoms with van der Waals surface area (Å²) in [5.74, 6) is -0.0490. The van der Waals surface area contributed by atoms with Crippen molar-refractivity contribution in [3.8, 4) is 5.75 Å². The van der Waals surface area contributed by atoms with Crippen molar-refractivity contribution in [2.24, 2.45) is 0 Å². The zero-order chi connectivity index (χ0) is 20.6. The lowest BCUT2D eigenvalue weighted by molar-refractivity contribution is -0.118. The van der Waals surface area contributed by atoms with Crippen LogP contribution in [0.15, 0.2) is 45.8 Å². The van der Waals surface area contributed by atoms with Gasteiger partial charge in [-0.3, -0.25) is 19.3 Å². The summed E-state index contributed by atoms with van der Waals surface area (Å²) in [6, 6.07) is 8.15. The number of benzene rings is 1. The van der Waals surface area contributed by atoms with Gasteiger partial charge in [-0.1, -0.05) is 12.5 Å². The van der Waals surface area contributed by atoms with E-state index in [1.807, 2.05) is 0 Å². The molecule has 0 unspecified atom stereocenters. The molecule has 1 aromatic heterocycles. The highest BCUT2D eigenvalue weighted by Gasteiger charge is 2.14. The number of carbonyl (C=O) groups is 2. The molecular formula is C21H25N3O5. The van der Waals surface area contributed by atoms with Gasteiger partial charge in [-0.15, -0.1) is 0 Å². The average Bonchev–Trinajstić information content (AvgIpc) is 2.68. The number of nitrogens with one attached hydrogen (secondary N) is 2. The van der Waals surface area contributed by atoms with Crippen LogP contribution < -0.4 is 20.8 Å². The van der Waals surface area contributed by atoms with E-state index in [1.54, 1.807) is 24.3 Å². The van der Waals surface area contributed by atoms with E-state index in [-0.39, 0.29) is 23.7 Å². The van der Waals surface area contributed by atoms with Crippen molar-refractivity contribution in [3.63, 3.8) is 0 Å². The summed E-state index contributed by atoms with van der Waals surface area (Å²) in [4.78, 5) is 37.7. The largest absolute Gasteiger partial charge is 0.477 e. The molecule has 2 heterocycles. The first-order valence-corrected chi connectivity index (χ1v) is 9.64. The highest BCUT2D eigenvalue weighted by molar-refractivity contribution is 5.94. The first kappa shape index (κ1) is 20.6. The van der Waals surface area contributed by atoms with Gasteiger partial charge in [0.15, 0.2) is 6.61 Å². The minimum Gasteiger partial charge on any atom is -0.477 e. The Labute approximate surface area is 168 Å². The van der Waals surface area contributed by atoms with Crippen LogP contribution in [0.5, 0.6) is 5.75 Å². The quantitative estimate of drug-likeness (QED) is 0.742. The molecule has 2 N–H and O–H groups in total. The van der Waals surface area contributed by atoms with E-state index in [1.165, 1.54) is 25.7 Å². The van der Waals surface area contributed by atoms with Crippen LogP contribution in [0.4, 0.5) is 11.4 Å². The van der Waals surface area contributed by atoms with E-state index < -0.39 is 5.91 Å². The topological polar surface area (TPSA) is 101 Å². The first-order chi connectivity index (χ1) is 14.0. The van der Waals surface area contributed by atoms with E-state index in [0.29, 0.717) is 23.7 Å². The number of carbonyl (C=O) groups excluding carboxylic acids is 2. The van der Waals surface area contributed by atoms with Gasteiger partial charge in [-0.2, -0.15) is 0 Å². The van der Waals surface area contributed by atoms with Gasteiger partial charge in [-0.25, -0.2) is 0 Å². The molecule has 2 aromatic rings. The van der Waals surface area contributed by atoms with Gasteiger partial charge in [-0.05, 0) is 44.1 Å². The van der Waals surface area contributed by atoms with Gasteiger partial charge >= 0.3 is 0 Å². The summed E-state index contributed by atoms with van der Waals surface area (Å²) in [5.41, 5.74) is 0.763. The number of nitrogens with zero attached hydrogens (tertiary/aromatic N) is 1. The molecule has 8 heteroatoms. The maximum absolute atomic E-state index is 12.2. The fraction of sp³-hybridized carbons (Fsp3) is 0.381. The van der Waals surface area contributed by atoms with Crippen LogP contribution in [0.1, 0.15) is 31.9 Å². The maximum Gasteiger partial charge on any atom is 0.262 e. The predicted molar refractivity (Wildman–Crippen MR) is 109 cm³/mol. The lowest BCUT2D eigenvalue weighted by Gasteiger charge is -2.25. The Balaban J connectivity index is 1.52. The van der Waals surface area contributed by atoms with Crippen LogP contribution in [-0.4, -0.2) is 36.4 Å². The molecule has 1 fully saturated rings. The highest BCUT2D eigenvalue weighted by Crippen LogP contribution is 2.16. The van der Waals surface area contributed by atoms with E-state index in [2.05, 4.69) is 15.5 Å². The number of hydrogen-bond acceptors (Lipinski definition) is 6. The van der Waals surface area contributed by atoms with Crippen molar-refractivity contribution < 1.29 is 18.7 Å². The van der Waals surface area contributed by atoms with Gasteiger partial charge in [0, 0.05) is 24.4 Å². The molecule has 8 nitrogen and oxygen atoms in total. The maximum atomic E-state index is 12.2. The van der Waals surface area contributed by atoms with E-state index in [0.717, 1.165) is 25.9 Å². The Hall–Kier alpha value is -3.13. The molecule has 2 amide bonds. The van der Waals surface area contributed by atoms with Crippen LogP contribution in [0, 0.1) is 0 Å². The lowest BCUT2D eigenvalue weighted by Crippen LogP contribution is -2.29. The Morgan fingerprint density at radius 1 is 1.10 bits per heavy atom. The molecule has 0 radical (unpaired) electrons. The van der Waals surface area contributed by atoms with Crippen molar-refractivity contribution in [2.45, 2.75) is 32.7 Å². The number of hydrogen-bond donors (Lipinski definition) is 2. The summed E-state index contributed by atoms with van der Waals surface area (Å²) in [6.07, 6.45) is 4.82. The van der Waals surface area contributed by atoms with Crippen LogP contribution >= 0.6 is 0 Å². The molecule has 0 saturated carbocycles. The minimum atomic E-state index is -0.429. The summed E-state index contributed by atoms with van der Waals surface area (Å²) < 4.78 is 10.8. The first-order valence-electron chi connectivity index (χ1n) is 9.64. The highest BCUT2D eigenvalue weighted by atomic mass is 16.5. The van der Waals surface area contributed by atoms with E-state index in [4.69, 9.17) is 9.15 Å². The fourth-order valence-corrected chi connectivity index (χ4v) is 3.18. The van der Waals surface area contributed by atoms with Crippen molar-refractivity contribution in [2.75, 3.05) is 30.3 Å². The average molecular weight is 399 g/mol. The van der Waals surface area contributed by atoms with Crippen molar-refractivity contribution >= 4 is 23.2 Å². The lowest BCUT2D eigenvalue weighted by atomic mass is 10.1. The van der Waals surface area contributed by atoms with E-state index >= 15 is 0 Å². The van der Waals surface area contributed by atoms with Crippen molar-refractivity contribution in [3.05, 3.63) is 52.6 Å². The molecule has 29 heavy (non-hydrogen) atoms. The van der Waals surface area contributed by atoms with Crippen LogP contribution in [0.2, 0.25) is 0 Å². The monoisotopic (exact) mass is 399 g/mol. The summed E-state index contributed by atoms with van der Waals surface area (Å²) in [7, 11) is 0. The number of rotatable bonds is 7. The van der Waals surface area contributed by atoms with E-state index in [9.17, 15) is 14.4 Å². The Morgan fingerprint density at radius 2 is 1.83 bits per heavy atom. The van der Waals surface area contributed by atoms with Crippen molar-refractivity contribution in [1.29, 1.82) is 0 Å². The molecule has 0 bridgehead atoms. The molecular weight excluding hydrogens is 374 g/mol. The standard InChI is InChI=1S/C21H25N3O5/c1-15(25)22-16-6-5-7-17(10-16)23-21(27)14-29-20-13-28-18(11-19(20)26)12-24-8-3-2-4-9-24/h5-7,10-11,13H,2-4,8-9,12,14H2,1H3,(H,22,25)(H,23,27). The molecule has 1 aromatic carbocycles. The molecule has 0 aliphatic carbocycles. The zero-order valence-corrected chi connectivity index (χ0v) is 16.4. The SMILES string of the molecule is CC(=O)Nc1cccc(NC(=O)COc2coc(CN3CCCCC3)cc2=O)c1. The molecule has 1 saturated heterocycles. The van der Waals surface area contributed by atoms with Gasteiger partial charge < -0.3 is 19.8 Å². The second kappa shape index (κ2) is 9.88. The normalized spacial score (nSPS) is 14.2. The number of piperidine rings is 1. The molecule has 1 aliphatic heterocycles. The Kier molecular flexibility index (Phi) is 7.02. The number of likely N-dealkylation sites (tertiary alicyclic amines) is 1. The summed E-state index contributed by atoms with van der Waals surface area (Å²) in [5, 5.41) is 5.30. The van der Waals surface area contributed by atoms with Gasteiger partial charge in [0.25, 0.3) is 5.91 Å². The molecule has 0 spiro atoms. The van der Waals surface area contributed by atoms with Crippen LogP contribution in [-0.2, 0) is 16.1 Å². The Bertz CT molecular complexity index is 919. The number of ether oxygens (including phenoxy) is 1. The predicted octanol–water partition coefficient (Wildman–Crippen LogP) is 2.60. The molecule has 0 atom stereocenters. The van der Waals surface area contributed by atoms with Crippen molar-refractivity contribution in [1.82, 2.24) is 4.90 Å². The molecule has 154 valence electrons. The number of anilines is 2. The van der Waals surface area contributed by atoms with Gasteiger partial charge in [0.05, 0.1) is 6.54 Å². The summed E-state index contributed by atoms with van der Waals surface area (Å²) in [6.45, 7) is 3.68. The smallest absolute Gasteiger partial charge is 0.262 e. The fourth-order valence-electron chi connectivity index (χ4n) is 3.18. The van der Waals surface area contributed by atoms with Crippen LogP contribution in [0.25, 0.3) is 0 Å². The summed E-state index contributed by atoms with van der Waals surface area (Å²) >= 11 is 0. The second-order valence-corrected chi connectivity index (χ2v) is 7.01. The van der Waals surface area contributed by atoms with Crippen LogP contribution in [0.3, 0.4) is 0 Å². The zero-order valence-electron chi connectivity index (χ0n) is 16.4. The van der Waals surface area contributed by atoms with Gasteiger partial charge in [0.1, 0.15) is 12.0 Å². The minimum absolute atomic E-state index is 0.00505. The second-order valence-electron chi connectivity index (χ2n) is 7.01. The van der Waals surface area contributed by atoms with Gasteiger partial charge in [0.2, 0.25) is 17.1 Å². The number of amides is 2. The molecule has 3 rings (SSSR count). The third-order valence-corrected chi connectivity index (χ3v) is 4.51.